The monoisotopic (exact) mass is 485 g/mol. The lowest BCUT2D eigenvalue weighted by Gasteiger charge is -2.27. The van der Waals surface area contributed by atoms with Crippen molar-refractivity contribution in [3.63, 3.8) is 0 Å². The van der Waals surface area contributed by atoms with Crippen LogP contribution >= 0.6 is 15.9 Å². The zero-order chi connectivity index (χ0) is 22.1. The van der Waals surface area contributed by atoms with Crippen molar-refractivity contribution in [1.29, 1.82) is 5.41 Å². The fourth-order valence-electron chi connectivity index (χ4n) is 3.88. The van der Waals surface area contributed by atoms with Crippen molar-refractivity contribution in [2.75, 3.05) is 17.2 Å². The number of halogens is 1. The Kier molecular flexibility index (Phi) is 5.68. The zero-order valence-corrected chi connectivity index (χ0v) is 17.9. The standard InChI is InChI=1S/C20H20BrN7O3/c21-15-2-1-3-16(26-15)27-20(31)14-7-10-6-13(10)28(14)17(29)9-25-12-8-24-5-4-11(12)18(22)19(23)30/h1-5,8,10,13-14,22,25H,6-7,9H2,(H2,23,30)(H,26,27,31)/t10-,13-,14+/m1/s1. The second-order valence-electron chi connectivity index (χ2n) is 7.46. The minimum atomic E-state index is -0.876. The molecule has 1 saturated heterocycles. The molecule has 3 heterocycles. The third-order valence-corrected chi connectivity index (χ3v) is 5.87. The molecular weight excluding hydrogens is 466 g/mol. The molecule has 3 amide bonds. The predicted molar refractivity (Wildman–Crippen MR) is 116 cm³/mol. The van der Waals surface area contributed by atoms with Gasteiger partial charge in [-0.15, -0.1) is 0 Å². The summed E-state index contributed by atoms with van der Waals surface area (Å²) in [5.41, 5.74) is 5.44. The van der Waals surface area contributed by atoms with E-state index in [1.54, 1.807) is 23.1 Å². The van der Waals surface area contributed by atoms with Crippen molar-refractivity contribution in [1.82, 2.24) is 14.9 Å². The Hall–Kier alpha value is -3.34. The largest absolute Gasteiger partial charge is 0.374 e. The van der Waals surface area contributed by atoms with E-state index in [1.165, 1.54) is 18.5 Å². The molecule has 0 unspecified atom stereocenters. The van der Waals surface area contributed by atoms with Crippen molar-refractivity contribution < 1.29 is 14.4 Å². The second kappa shape index (κ2) is 8.42. The van der Waals surface area contributed by atoms with Crippen molar-refractivity contribution in [3.05, 3.63) is 46.8 Å². The van der Waals surface area contributed by atoms with E-state index in [4.69, 9.17) is 11.1 Å². The fraction of sp³-hybridized carbons (Fsp3) is 0.300. The second-order valence-corrected chi connectivity index (χ2v) is 8.28. The molecule has 1 aliphatic carbocycles. The van der Waals surface area contributed by atoms with E-state index in [0.717, 1.165) is 6.42 Å². The molecule has 0 bridgehead atoms. The Bertz CT molecular complexity index is 1080. The molecule has 160 valence electrons. The summed E-state index contributed by atoms with van der Waals surface area (Å²) in [6, 6.07) is 6.17. The van der Waals surface area contributed by atoms with Crippen LogP contribution in [0, 0.1) is 11.3 Å². The summed E-state index contributed by atoms with van der Waals surface area (Å²) < 4.78 is 0.602. The van der Waals surface area contributed by atoms with E-state index >= 15 is 0 Å². The number of nitrogens with zero attached hydrogens (tertiary/aromatic N) is 3. The van der Waals surface area contributed by atoms with Crippen molar-refractivity contribution in [2.45, 2.75) is 24.9 Å². The number of rotatable bonds is 7. The van der Waals surface area contributed by atoms with Crippen LogP contribution in [0.1, 0.15) is 18.4 Å². The summed E-state index contributed by atoms with van der Waals surface area (Å²) in [5.74, 6) is -0.655. The number of carbonyl (C=O) groups is 3. The Morgan fingerprint density at radius 2 is 2.06 bits per heavy atom. The normalized spacial score (nSPS) is 21.2. The first kappa shape index (κ1) is 20.9. The van der Waals surface area contributed by atoms with Crippen molar-refractivity contribution in [3.8, 4) is 0 Å². The molecule has 1 saturated carbocycles. The number of primary amides is 1. The van der Waals surface area contributed by atoms with Gasteiger partial charge in [-0.1, -0.05) is 6.07 Å². The van der Waals surface area contributed by atoms with Crippen LogP contribution in [0.3, 0.4) is 0 Å². The summed E-state index contributed by atoms with van der Waals surface area (Å²) >= 11 is 3.27. The molecule has 1 aliphatic heterocycles. The van der Waals surface area contributed by atoms with E-state index in [2.05, 4.69) is 36.5 Å². The highest BCUT2D eigenvalue weighted by molar-refractivity contribution is 9.10. The number of anilines is 2. The van der Waals surface area contributed by atoms with Gasteiger partial charge in [0.2, 0.25) is 11.8 Å². The first-order valence-corrected chi connectivity index (χ1v) is 10.5. The third-order valence-electron chi connectivity index (χ3n) is 5.43. The van der Waals surface area contributed by atoms with Crippen molar-refractivity contribution in [2.24, 2.45) is 11.7 Å². The average molecular weight is 486 g/mol. The average Bonchev–Trinajstić information content (AvgIpc) is 3.41. The number of nitrogens with one attached hydrogen (secondary N) is 3. The molecule has 2 aromatic heterocycles. The molecular formula is C20H20BrN7O3. The number of piperidine rings is 1. The Labute approximate surface area is 186 Å². The van der Waals surface area contributed by atoms with Crippen molar-refractivity contribution >= 4 is 50.9 Å². The number of hydrogen-bond donors (Lipinski definition) is 4. The lowest BCUT2D eigenvalue weighted by Crippen LogP contribution is -2.47. The zero-order valence-electron chi connectivity index (χ0n) is 16.3. The number of fused-ring (bicyclic) bond motifs is 1. The molecule has 31 heavy (non-hydrogen) atoms. The van der Waals surface area contributed by atoms with Gasteiger partial charge < -0.3 is 21.3 Å². The topological polar surface area (TPSA) is 154 Å². The van der Waals surface area contributed by atoms with Crippen LogP contribution in [0.4, 0.5) is 11.5 Å². The van der Waals surface area contributed by atoms with Gasteiger partial charge in [-0.3, -0.25) is 24.8 Å². The molecule has 3 atom stereocenters. The molecule has 5 N–H and O–H groups in total. The molecule has 0 radical (unpaired) electrons. The number of carbonyl (C=O) groups excluding carboxylic acids is 3. The SMILES string of the molecule is N=C(C(N)=O)c1ccncc1NCC(=O)N1[C@@H]2C[C@@H]2C[C@H]1C(=O)Nc1cccc(Br)n1. The first-order chi connectivity index (χ1) is 14.8. The maximum Gasteiger partial charge on any atom is 0.267 e. The maximum absolute atomic E-state index is 13.0. The smallest absolute Gasteiger partial charge is 0.267 e. The van der Waals surface area contributed by atoms with Gasteiger partial charge in [0.1, 0.15) is 22.2 Å². The minimum Gasteiger partial charge on any atom is -0.374 e. The molecule has 0 aromatic carbocycles. The quantitative estimate of drug-likeness (QED) is 0.340. The summed E-state index contributed by atoms with van der Waals surface area (Å²) in [6.07, 6.45) is 4.36. The van der Waals surface area contributed by atoms with E-state index in [1.807, 2.05) is 0 Å². The van der Waals surface area contributed by atoms with Gasteiger partial charge in [0.15, 0.2) is 0 Å². The molecule has 4 rings (SSSR count). The maximum atomic E-state index is 13.0. The van der Waals surface area contributed by atoms with Crippen LogP contribution in [-0.2, 0) is 14.4 Å². The summed E-state index contributed by atoms with van der Waals surface area (Å²) in [5, 5.41) is 13.5. The Morgan fingerprint density at radius 3 is 2.81 bits per heavy atom. The number of likely N-dealkylation sites (tertiary alicyclic amines) is 1. The number of amides is 3. The van der Waals surface area contributed by atoms with Gasteiger partial charge in [0, 0.05) is 17.8 Å². The van der Waals surface area contributed by atoms with E-state index in [0.29, 0.717) is 28.4 Å². The van der Waals surface area contributed by atoms with Gasteiger partial charge in [0.25, 0.3) is 5.91 Å². The van der Waals surface area contributed by atoms with Crippen LogP contribution in [0.25, 0.3) is 0 Å². The van der Waals surface area contributed by atoms with Crippen LogP contribution in [0.2, 0.25) is 0 Å². The van der Waals surface area contributed by atoms with Crippen LogP contribution in [0.5, 0.6) is 0 Å². The Morgan fingerprint density at radius 1 is 1.26 bits per heavy atom. The van der Waals surface area contributed by atoms with E-state index < -0.39 is 11.9 Å². The highest BCUT2D eigenvalue weighted by Crippen LogP contribution is 2.48. The summed E-state index contributed by atoms with van der Waals surface area (Å²) in [6.45, 7) is -0.104. The number of nitrogens with two attached hydrogens (primary N) is 1. The third kappa shape index (κ3) is 4.41. The molecule has 2 aliphatic rings. The van der Waals surface area contributed by atoms with E-state index in [9.17, 15) is 14.4 Å². The number of hydrogen-bond acceptors (Lipinski definition) is 7. The molecule has 2 aromatic rings. The van der Waals surface area contributed by atoms with Gasteiger partial charge in [-0.25, -0.2) is 4.98 Å². The van der Waals surface area contributed by atoms with Crippen LogP contribution < -0.4 is 16.4 Å². The summed E-state index contributed by atoms with van der Waals surface area (Å²) in [7, 11) is 0. The van der Waals surface area contributed by atoms with E-state index in [-0.39, 0.29) is 35.7 Å². The highest BCUT2D eigenvalue weighted by atomic mass is 79.9. The van der Waals surface area contributed by atoms with Crippen LogP contribution in [-0.4, -0.2) is 56.9 Å². The number of aromatic nitrogens is 2. The minimum absolute atomic E-state index is 0.0535. The van der Waals surface area contributed by atoms with Gasteiger partial charge >= 0.3 is 0 Å². The molecule has 0 spiro atoms. The molecule has 2 fully saturated rings. The molecule has 11 heteroatoms. The van der Waals surface area contributed by atoms with Gasteiger partial charge in [-0.05, 0) is 52.9 Å². The number of pyridine rings is 2. The van der Waals surface area contributed by atoms with Gasteiger partial charge in [0.05, 0.1) is 18.4 Å². The Balaban J connectivity index is 1.44. The lowest BCUT2D eigenvalue weighted by atomic mass is 10.1. The molecule has 10 nitrogen and oxygen atoms in total. The predicted octanol–water partition coefficient (Wildman–Crippen LogP) is 1.13. The van der Waals surface area contributed by atoms with Gasteiger partial charge in [-0.2, -0.15) is 0 Å². The summed E-state index contributed by atoms with van der Waals surface area (Å²) in [4.78, 5) is 47.0. The highest BCUT2D eigenvalue weighted by Gasteiger charge is 2.55. The first-order valence-electron chi connectivity index (χ1n) is 9.66. The fourth-order valence-corrected chi connectivity index (χ4v) is 4.23. The van der Waals surface area contributed by atoms with Crippen LogP contribution in [0.15, 0.2) is 41.3 Å². The lowest BCUT2D eigenvalue weighted by molar-refractivity contribution is -0.136.